The van der Waals surface area contributed by atoms with Crippen molar-refractivity contribution in [1.82, 2.24) is 49.1 Å². The molecule has 4 aliphatic heterocycles. The summed E-state index contributed by atoms with van der Waals surface area (Å²) in [5.41, 5.74) is 8.39. The molecule has 3 saturated heterocycles. The number of rotatable bonds is 10. The molecular weight excluding hydrogens is 849 g/mol. The van der Waals surface area contributed by atoms with Gasteiger partial charge >= 0.3 is 5.69 Å². The van der Waals surface area contributed by atoms with E-state index in [0.29, 0.717) is 80.4 Å². The molecule has 0 bridgehead atoms. The van der Waals surface area contributed by atoms with E-state index in [1.807, 2.05) is 59.3 Å². The Morgan fingerprint density at radius 2 is 1.73 bits per heavy atom. The standard InChI is InChI=1S/C47H51F2N13O4/c1-50-34-23-41(55-62-39(25-52-43(34)62)45(65)53-29-7-8-29)60-17-14-32-31(4-3-5-35(32)60)33-10-6-28(24-51-33)26-57-16-15-40(47(48,49)27-57)59-20-18-58(19-21-59)30-9-11-36-38(22-30)56(2)46(66)61(36)37-12-13-42(63)54-44(37)64/h3-6,9-11,22-25,29,37,40,50H,7-8,12-21,26-27H2,1-2H3,(H,53,65)(H,54,63,64)/t37?,40-/m1/s1. The smallest absolute Gasteiger partial charge is 0.329 e. The number of alkyl halides is 2. The van der Waals surface area contributed by atoms with Crippen LogP contribution in [0.15, 0.2) is 71.8 Å². The highest BCUT2D eigenvalue weighted by Gasteiger charge is 2.48. The van der Waals surface area contributed by atoms with Gasteiger partial charge in [0.15, 0.2) is 17.2 Å². The fourth-order valence-electron chi connectivity index (χ4n) is 10.4. The van der Waals surface area contributed by atoms with Crippen LogP contribution in [-0.4, -0.2) is 127 Å². The molecule has 2 atom stereocenters. The third kappa shape index (κ3) is 7.43. The van der Waals surface area contributed by atoms with Gasteiger partial charge < -0.3 is 20.4 Å². The van der Waals surface area contributed by atoms with Crippen LogP contribution in [-0.2, 0) is 29.6 Å². The zero-order valence-electron chi connectivity index (χ0n) is 36.8. The number of fused-ring (bicyclic) bond motifs is 3. The van der Waals surface area contributed by atoms with E-state index in [9.17, 15) is 19.2 Å². The second kappa shape index (κ2) is 16.3. The van der Waals surface area contributed by atoms with Crippen molar-refractivity contribution in [2.45, 2.75) is 69.1 Å². The predicted octanol–water partition coefficient (Wildman–Crippen LogP) is 4.08. The maximum Gasteiger partial charge on any atom is 0.329 e. The number of hydrogen-bond acceptors (Lipinski definition) is 12. The number of halogens is 2. The van der Waals surface area contributed by atoms with Crippen LogP contribution >= 0.6 is 0 Å². The molecule has 342 valence electrons. The number of amides is 3. The molecule has 4 fully saturated rings. The lowest BCUT2D eigenvalue weighted by molar-refractivity contribution is -0.135. The zero-order chi connectivity index (χ0) is 45.4. The third-order valence-corrected chi connectivity index (χ3v) is 14.0. The van der Waals surface area contributed by atoms with Gasteiger partial charge in [-0.1, -0.05) is 18.2 Å². The molecule has 3 amide bonds. The number of nitrogens with one attached hydrogen (secondary N) is 3. The Morgan fingerprint density at radius 3 is 2.47 bits per heavy atom. The Bertz CT molecular complexity index is 2970. The number of piperazine rings is 1. The summed E-state index contributed by atoms with van der Waals surface area (Å²) in [7, 11) is 3.49. The third-order valence-electron chi connectivity index (χ3n) is 14.0. The van der Waals surface area contributed by atoms with Gasteiger partial charge in [0.1, 0.15) is 6.04 Å². The highest BCUT2D eigenvalue weighted by atomic mass is 19.3. The minimum Gasteiger partial charge on any atom is -0.385 e. The number of imide groups is 1. The summed E-state index contributed by atoms with van der Waals surface area (Å²) in [5, 5.41) is 13.5. The Labute approximate surface area is 378 Å². The van der Waals surface area contributed by atoms with E-state index in [4.69, 9.17) is 10.1 Å². The summed E-state index contributed by atoms with van der Waals surface area (Å²) in [6.07, 6.45) is 6.87. The van der Waals surface area contributed by atoms with E-state index in [1.165, 1.54) is 9.13 Å². The molecule has 19 heteroatoms. The number of carbonyl (C=O) groups excluding carboxylic acids is 3. The molecule has 1 unspecified atom stereocenters. The highest BCUT2D eigenvalue weighted by Crippen LogP contribution is 2.40. The Balaban J connectivity index is 0.725. The van der Waals surface area contributed by atoms with Crippen molar-refractivity contribution in [3.63, 3.8) is 0 Å². The van der Waals surface area contributed by atoms with Gasteiger partial charge in [0, 0.05) is 102 Å². The summed E-state index contributed by atoms with van der Waals surface area (Å²) < 4.78 is 36.7. The quantitative estimate of drug-likeness (QED) is 0.169. The zero-order valence-corrected chi connectivity index (χ0v) is 36.8. The van der Waals surface area contributed by atoms with Crippen molar-refractivity contribution in [2.24, 2.45) is 7.05 Å². The first-order chi connectivity index (χ1) is 31.9. The molecule has 0 spiro atoms. The van der Waals surface area contributed by atoms with Crippen molar-refractivity contribution in [3.8, 4) is 11.3 Å². The summed E-state index contributed by atoms with van der Waals surface area (Å²) in [6.45, 7) is 3.34. The monoisotopic (exact) mass is 899 g/mol. The predicted molar refractivity (Wildman–Crippen MR) is 244 cm³/mol. The fourth-order valence-corrected chi connectivity index (χ4v) is 10.4. The molecule has 8 heterocycles. The number of nitrogens with zero attached hydrogens (tertiary/aromatic N) is 10. The lowest BCUT2D eigenvalue weighted by Gasteiger charge is -2.46. The van der Waals surface area contributed by atoms with Crippen molar-refractivity contribution < 1.29 is 23.2 Å². The molecule has 17 nitrogen and oxygen atoms in total. The molecule has 1 saturated carbocycles. The number of imidazole rings is 2. The largest absolute Gasteiger partial charge is 0.385 e. The molecule has 5 aliphatic rings. The first-order valence-corrected chi connectivity index (χ1v) is 22.8. The van der Waals surface area contributed by atoms with Crippen LogP contribution in [0.4, 0.5) is 31.7 Å². The Morgan fingerprint density at radius 1 is 0.894 bits per heavy atom. The first-order valence-electron chi connectivity index (χ1n) is 22.8. The maximum atomic E-state index is 16.0. The molecule has 66 heavy (non-hydrogen) atoms. The number of piperidine rings is 2. The van der Waals surface area contributed by atoms with Crippen LogP contribution in [0.5, 0.6) is 0 Å². The summed E-state index contributed by atoms with van der Waals surface area (Å²) in [6, 6.07) is 16.3. The Kier molecular flexibility index (Phi) is 10.4. The summed E-state index contributed by atoms with van der Waals surface area (Å²) in [5.74, 6) is -3.22. The number of anilines is 4. The number of likely N-dealkylation sites (tertiary alicyclic amines) is 1. The van der Waals surface area contributed by atoms with Crippen molar-refractivity contribution in [1.29, 1.82) is 0 Å². The fraction of sp³-hybridized carbons (Fsp3) is 0.426. The van der Waals surface area contributed by atoms with Gasteiger partial charge in [0.05, 0.1) is 41.2 Å². The minimum absolute atomic E-state index is 0.166. The topological polar surface area (TPSA) is 170 Å². The average Bonchev–Trinajstić information content (AvgIpc) is 3.74. The molecule has 0 radical (unpaired) electrons. The van der Waals surface area contributed by atoms with E-state index < -0.39 is 23.9 Å². The molecule has 3 N–H and O–H groups in total. The van der Waals surface area contributed by atoms with Gasteiger partial charge in [-0.2, -0.15) is 0 Å². The van der Waals surface area contributed by atoms with E-state index in [0.717, 1.165) is 58.7 Å². The highest BCUT2D eigenvalue weighted by molar-refractivity contribution is 6.00. The van der Waals surface area contributed by atoms with Crippen molar-refractivity contribution in [3.05, 3.63) is 94.3 Å². The van der Waals surface area contributed by atoms with Gasteiger partial charge in [-0.15, -0.1) is 5.10 Å². The molecular formula is C47H51F2N13O4. The number of aromatic nitrogens is 6. The van der Waals surface area contributed by atoms with Gasteiger partial charge in [-0.3, -0.25) is 43.6 Å². The van der Waals surface area contributed by atoms with Crippen LogP contribution in [0.2, 0.25) is 0 Å². The van der Waals surface area contributed by atoms with Crippen LogP contribution in [0, 0.1) is 0 Å². The first kappa shape index (κ1) is 41.9. The van der Waals surface area contributed by atoms with Gasteiger partial charge in [-0.05, 0) is 73.6 Å². The van der Waals surface area contributed by atoms with E-state index in [-0.39, 0.29) is 42.9 Å². The average molecular weight is 900 g/mol. The second-order valence-corrected chi connectivity index (χ2v) is 18.2. The van der Waals surface area contributed by atoms with Gasteiger partial charge in [0.25, 0.3) is 11.8 Å². The second-order valence-electron chi connectivity index (χ2n) is 18.2. The van der Waals surface area contributed by atoms with Crippen LogP contribution in [0.25, 0.3) is 27.9 Å². The van der Waals surface area contributed by atoms with E-state index >= 15 is 8.78 Å². The number of carbonyl (C=O) groups is 3. The Hall–Kier alpha value is -6.73. The minimum atomic E-state index is -2.91. The van der Waals surface area contributed by atoms with Crippen molar-refractivity contribution >= 4 is 57.3 Å². The number of hydrogen-bond donors (Lipinski definition) is 3. The van der Waals surface area contributed by atoms with Crippen LogP contribution in [0.3, 0.4) is 0 Å². The molecule has 11 rings (SSSR count). The summed E-state index contributed by atoms with van der Waals surface area (Å²) in [4.78, 5) is 68.1. The van der Waals surface area contributed by atoms with Crippen LogP contribution < -0.4 is 31.4 Å². The van der Waals surface area contributed by atoms with Crippen LogP contribution in [0.1, 0.15) is 59.8 Å². The molecule has 6 aromatic rings. The van der Waals surface area contributed by atoms with Gasteiger partial charge in [-0.25, -0.2) is 23.1 Å². The van der Waals surface area contributed by atoms with E-state index in [2.05, 4.69) is 42.9 Å². The lowest BCUT2D eigenvalue weighted by atomic mass is 9.97. The molecule has 2 aromatic carbocycles. The maximum absolute atomic E-state index is 16.0. The molecule has 4 aromatic heterocycles. The normalized spacial score (nSPS) is 21.4. The number of aryl methyl sites for hydroxylation is 1. The summed E-state index contributed by atoms with van der Waals surface area (Å²) >= 11 is 0. The lowest BCUT2D eigenvalue weighted by Crippen LogP contribution is -2.61. The van der Waals surface area contributed by atoms with Gasteiger partial charge in [0.2, 0.25) is 11.8 Å². The van der Waals surface area contributed by atoms with Crippen molar-refractivity contribution in [2.75, 3.05) is 68.0 Å². The SMILES string of the molecule is CNc1cc(N2CCc3c(-c4ccc(CN5CC[C@@H](N6CCN(c7ccc8c(c7)n(C)c(=O)n8C7CCC(=O)NC7=O)CC6)C(F)(F)C5)cn4)cccc32)nn2c(C(=O)NC3CC3)cnc12. The number of benzene rings is 2. The number of pyridine rings is 1. The molecule has 1 aliphatic carbocycles. The van der Waals surface area contributed by atoms with E-state index in [1.54, 1.807) is 24.0 Å².